The minimum absolute atomic E-state index is 0.0363. The number of rotatable bonds is 6. The normalized spacial score (nSPS) is 17.2. The van der Waals surface area contributed by atoms with Gasteiger partial charge in [-0.2, -0.15) is 48.3 Å². The molecule has 23 heteroatoms. The number of alkyl halides is 11. The van der Waals surface area contributed by atoms with Crippen molar-refractivity contribution in [1.29, 1.82) is 0 Å². The first-order valence-electron chi connectivity index (χ1n) is 11.1. The van der Waals surface area contributed by atoms with Crippen molar-refractivity contribution in [3.05, 3.63) is 23.8 Å². The lowest BCUT2D eigenvalue weighted by Crippen LogP contribution is -2.55. The van der Waals surface area contributed by atoms with Crippen LogP contribution in [-0.4, -0.2) is 90.9 Å². The molecule has 1 aliphatic heterocycles. The molecule has 0 bridgehead atoms. The standard InChI is InChI=1S/C21H15F13N4O6/c1-17(43,14(40)35-5-18(24,25)21(32,33)34)15(41)36-10-4-37(16(42)44-7-20(29,30)31)11-2-8(22)9(23)3-12(11)38(13(10)39)6-19(26,27)28/h2-3,43H,4-7H2,1H3,(H,35,40). The number of hydrogen-bond acceptors (Lipinski definition) is 6. The molecule has 44 heavy (non-hydrogen) atoms. The van der Waals surface area contributed by atoms with Gasteiger partial charge in [0.15, 0.2) is 18.2 Å². The van der Waals surface area contributed by atoms with Crippen LogP contribution in [0.3, 0.4) is 0 Å². The fourth-order valence-corrected chi connectivity index (χ4v) is 3.12. The number of amides is 4. The zero-order valence-corrected chi connectivity index (χ0v) is 21.2. The van der Waals surface area contributed by atoms with Crippen LogP contribution in [0.5, 0.6) is 0 Å². The highest BCUT2D eigenvalue weighted by Crippen LogP contribution is 2.37. The molecule has 0 fully saturated rings. The van der Waals surface area contributed by atoms with E-state index in [4.69, 9.17) is 0 Å². The third-order valence-electron chi connectivity index (χ3n) is 5.30. The predicted molar refractivity (Wildman–Crippen MR) is 117 cm³/mol. The van der Waals surface area contributed by atoms with E-state index in [1.807, 2.05) is 0 Å². The first-order chi connectivity index (χ1) is 19.7. The maximum atomic E-state index is 14.1. The number of carbonyl (C=O) groups excluding carboxylic acids is 4. The minimum atomic E-state index is -6.22. The molecule has 1 atom stereocenters. The molecule has 1 aromatic carbocycles. The first kappa shape index (κ1) is 36.0. The molecule has 0 aromatic heterocycles. The lowest BCUT2D eigenvalue weighted by atomic mass is 10.1. The topological polar surface area (TPSA) is 129 Å². The van der Waals surface area contributed by atoms with Gasteiger partial charge in [-0.05, 0) is 6.92 Å². The van der Waals surface area contributed by atoms with Gasteiger partial charge in [-0.15, -0.1) is 0 Å². The number of aliphatic imine (C=N–C) groups is 1. The Bertz CT molecular complexity index is 1360. The molecule has 2 rings (SSSR count). The molecule has 0 radical (unpaired) electrons. The van der Waals surface area contributed by atoms with Crippen LogP contribution in [0.25, 0.3) is 0 Å². The maximum absolute atomic E-state index is 14.1. The van der Waals surface area contributed by atoms with Crippen molar-refractivity contribution in [2.75, 3.05) is 36.0 Å². The van der Waals surface area contributed by atoms with Gasteiger partial charge in [-0.3, -0.25) is 24.2 Å². The van der Waals surface area contributed by atoms with Gasteiger partial charge < -0.3 is 15.2 Å². The van der Waals surface area contributed by atoms with Crippen molar-refractivity contribution in [1.82, 2.24) is 5.32 Å². The number of nitrogens with one attached hydrogen (secondary N) is 1. The summed E-state index contributed by atoms with van der Waals surface area (Å²) in [5.41, 5.74) is -7.95. The van der Waals surface area contributed by atoms with Crippen molar-refractivity contribution in [3.63, 3.8) is 0 Å². The number of benzene rings is 1. The number of hydrogen-bond donors (Lipinski definition) is 2. The maximum Gasteiger partial charge on any atom is 0.455 e. The Labute approximate surface area is 235 Å². The van der Waals surface area contributed by atoms with Crippen molar-refractivity contribution in [3.8, 4) is 0 Å². The Balaban J connectivity index is 2.63. The van der Waals surface area contributed by atoms with E-state index >= 15 is 0 Å². The third-order valence-corrected chi connectivity index (χ3v) is 5.30. The van der Waals surface area contributed by atoms with Crippen LogP contribution in [0, 0.1) is 11.6 Å². The summed E-state index contributed by atoms with van der Waals surface area (Å²) < 4.78 is 173. The number of ether oxygens (including phenoxy) is 1. The number of aliphatic hydroxyl groups is 1. The molecule has 0 saturated heterocycles. The van der Waals surface area contributed by atoms with E-state index in [1.165, 1.54) is 0 Å². The zero-order chi connectivity index (χ0) is 34.2. The fraction of sp³-hybridized carbons (Fsp3) is 0.476. The van der Waals surface area contributed by atoms with Crippen molar-refractivity contribution >= 4 is 40.9 Å². The lowest BCUT2D eigenvalue weighted by Gasteiger charge is -2.25. The van der Waals surface area contributed by atoms with Crippen LogP contribution in [0.4, 0.5) is 73.2 Å². The summed E-state index contributed by atoms with van der Waals surface area (Å²) in [6, 6.07) is -0.126. The van der Waals surface area contributed by atoms with Crippen LogP contribution in [0.15, 0.2) is 17.1 Å². The summed E-state index contributed by atoms with van der Waals surface area (Å²) in [6.07, 6.45) is -19.0. The zero-order valence-electron chi connectivity index (χ0n) is 21.2. The molecule has 1 unspecified atom stereocenters. The lowest BCUT2D eigenvalue weighted by molar-refractivity contribution is -0.278. The van der Waals surface area contributed by atoms with Crippen LogP contribution < -0.4 is 15.1 Å². The molecule has 1 heterocycles. The molecule has 10 nitrogen and oxygen atoms in total. The summed E-state index contributed by atoms with van der Waals surface area (Å²) in [5.74, 6) is -16.2. The van der Waals surface area contributed by atoms with Crippen molar-refractivity contribution in [2.45, 2.75) is 37.0 Å². The van der Waals surface area contributed by atoms with Crippen LogP contribution >= 0.6 is 0 Å². The van der Waals surface area contributed by atoms with E-state index in [-0.39, 0.29) is 24.0 Å². The molecule has 0 spiro atoms. The second-order valence-corrected chi connectivity index (χ2v) is 8.84. The predicted octanol–water partition coefficient (Wildman–Crippen LogP) is 3.41. The highest BCUT2D eigenvalue weighted by Gasteiger charge is 2.58. The third kappa shape index (κ3) is 8.47. The highest BCUT2D eigenvalue weighted by molar-refractivity contribution is 6.48. The molecular formula is C21H15F13N4O6. The van der Waals surface area contributed by atoms with E-state index in [9.17, 15) is 81.4 Å². The highest BCUT2D eigenvalue weighted by atomic mass is 19.4. The van der Waals surface area contributed by atoms with Crippen LogP contribution in [0.1, 0.15) is 6.92 Å². The van der Waals surface area contributed by atoms with Gasteiger partial charge in [0.1, 0.15) is 12.3 Å². The first-order valence-corrected chi connectivity index (χ1v) is 11.1. The summed E-state index contributed by atoms with van der Waals surface area (Å²) in [5, 5.41) is 11.0. The molecule has 1 aliphatic rings. The van der Waals surface area contributed by atoms with Crippen molar-refractivity contribution < 1.29 is 86.1 Å². The summed E-state index contributed by atoms with van der Waals surface area (Å²) in [4.78, 5) is 52.3. The summed E-state index contributed by atoms with van der Waals surface area (Å²) in [7, 11) is 0. The van der Waals surface area contributed by atoms with Gasteiger partial charge in [-0.25, -0.2) is 18.6 Å². The number of fused-ring (bicyclic) bond motifs is 1. The Morgan fingerprint density at radius 2 is 1.45 bits per heavy atom. The molecule has 2 N–H and O–H groups in total. The smallest absolute Gasteiger partial charge is 0.439 e. The molecule has 246 valence electrons. The molecule has 0 aliphatic carbocycles. The summed E-state index contributed by atoms with van der Waals surface area (Å²) in [6.45, 7) is -8.88. The largest absolute Gasteiger partial charge is 0.455 e. The Hall–Kier alpha value is -4.18. The Morgan fingerprint density at radius 3 is 1.93 bits per heavy atom. The van der Waals surface area contributed by atoms with Crippen LogP contribution in [-0.2, 0) is 19.1 Å². The second kappa shape index (κ2) is 12.1. The number of carbonyl (C=O) groups is 4. The van der Waals surface area contributed by atoms with Gasteiger partial charge >= 0.3 is 30.5 Å². The number of nitrogens with zero attached hydrogens (tertiary/aromatic N) is 3. The van der Waals surface area contributed by atoms with Gasteiger partial charge in [0, 0.05) is 12.1 Å². The second-order valence-electron chi connectivity index (χ2n) is 8.84. The SMILES string of the molecule is CC(O)(C(=O)N=C1CN(C(=O)OCC(F)(F)F)c2cc(F)c(F)cc2N(CC(F)(F)F)C1=O)C(=O)NCC(F)(F)C(F)(F)F. The molecular weight excluding hydrogens is 651 g/mol. The fourth-order valence-electron chi connectivity index (χ4n) is 3.12. The van der Waals surface area contributed by atoms with E-state index < -0.39 is 114 Å². The van der Waals surface area contributed by atoms with E-state index in [0.717, 1.165) is 5.32 Å². The number of halogens is 13. The van der Waals surface area contributed by atoms with E-state index in [2.05, 4.69) is 9.73 Å². The quantitative estimate of drug-likeness (QED) is 0.354. The number of anilines is 2. The van der Waals surface area contributed by atoms with Gasteiger partial charge in [0.05, 0.1) is 24.5 Å². The molecule has 0 saturated carbocycles. The van der Waals surface area contributed by atoms with Gasteiger partial charge in [0.25, 0.3) is 17.7 Å². The average molecular weight is 666 g/mol. The van der Waals surface area contributed by atoms with Gasteiger partial charge in [0.2, 0.25) is 5.60 Å². The Morgan fingerprint density at radius 1 is 0.932 bits per heavy atom. The molecule has 4 amide bonds. The molecule has 1 aromatic rings. The monoisotopic (exact) mass is 666 g/mol. The summed E-state index contributed by atoms with van der Waals surface area (Å²) >= 11 is 0. The Kier molecular flexibility index (Phi) is 9.88. The van der Waals surface area contributed by atoms with E-state index in [1.54, 1.807) is 0 Å². The average Bonchev–Trinajstić information content (AvgIpc) is 2.95. The van der Waals surface area contributed by atoms with Gasteiger partial charge in [-0.1, -0.05) is 0 Å². The van der Waals surface area contributed by atoms with Crippen molar-refractivity contribution in [2.24, 2.45) is 4.99 Å². The minimum Gasteiger partial charge on any atom is -0.439 e. The van der Waals surface area contributed by atoms with E-state index in [0.29, 0.717) is 0 Å². The van der Waals surface area contributed by atoms with Crippen LogP contribution in [0.2, 0.25) is 0 Å².